The lowest BCUT2D eigenvalue weighted by Crippen LogP contribution is -2.35. The number of fused-ring (bicyclic) bond motifs is 1. The summed E-state index contributed by atoms with van der Waals surface area (Å²) in [5.41, 5.74) is 4.79. The normalized spacial score (nSPS) is 13.6. The lowest BCUT2D eigenvalue weighted by atomic mass is 9.94. The maximum atomic E-state index is 13.9. The predicted octanol–water partition coefficient (Wildman–Crippen LogP) is 7.42. The summed E-state index contributed by atoms with van der Waals surface area (Å²) < 4.78 is 25.9. The smallest absolute Gasteiger partial charge is 0.255 e. The van der Waals surface area contributed by atoms with Gasteiger partial charge in [0.15, 0.2) is 0 Å². The zero-order valence-corrected chi connectivity index (χ0v) is 25.2. The summed E-state index contributed by atoms with van der Waals surface area (Å²) in [7, 11) is 1.56. The van der Waals surface area contributed by atoms with Crippen LogP contribution in [0.25, 0.3) is 33.4 Å². The molecule has 1 fully saturated rings. The summed E-state index contributed by atoms with van der Waals surface area (Å²) in [5.74, 6) is 0.215. The van der Waals surface area contributed by atoms with Crippen molar-refractivity contribution in [2.24, 2.45) is 5.92 Å². The summed E-state index contributed by atoms with van der Waals surface area (Å²) in [6.45, 7) is 6.56. The molecule has 0 radical (unpaired) electrons. The minimum absolute atomic E-state index is 0.234. The van der Waals surface area contributed by atoms with Crippen molar-refractivity contribution in [3.8, 4) is 28.2 Å². The number of ether oxygens (including phenoxy) is 1. The number of furan rings is 1. The van der Waals surface area contributed by atoms with Gasteiger partial charge in [-0.3, -0.25) is 14.6 Å². The molecule has 0 unspecified atom stereocenters. The fourth-order valence-electron chi connectivity index (χ4n) is 5.47. The van der Waals surface area contributed by atoms with Gasteiger partial charge in [-0.1, -0.05) is 26.0 Å². The van der Waals surface area contributed by atoms with E-state index in [1.807, 2.05) is 55.5 Å². The Morgan fingerprint density at radius 3 is 2.41 bits per heavy atom. The second kappa shape index (κ2) is 11.6. The number of halogens is 1. The largest absolute Gasteiger partial charge is 0.492 e. The lowest BCUT2D eigenvalue weighted by Gasteiger charge is -2.20. The monoisotopic (exact) mass is 591 g/mol. The Morgan fingerprint density at radius 1 is 1.00 bits per heavy atom. The number of hydrogen-bond acceptors (Lipinski definition) is 5. The quantitative estimate of drug-likeness (QED) is 0.186. The van der Waals surface area contributed by atoms with E-state index >= 15 is 0 Å². The SMILES string of the molecule is CNC(=O)c1c(-c2ccc(F)cc2)oc2ccc(-c3cc(C(=O)NC4(c5ccccn5)CC4)c(OCC(C)C)cc3C)cc12. The van der Waals surface area contributed by atoms with Crippen LogP contribution in [0.3, 0.4) is 0 Å². The molecule has 224 valence electrons. The van der Waals surface area contributed by atoms with Crippen LogP contribution in [0.4, 0.5) is 4.39 Å². The molecule has 1 saturated carbocycles. The maximum Gasteiger partial charge on any atom is 0.255 e. The predicted molar refractivity (Wildman–Crippen MR) is 168 cm³/mol. The second-order valence-corrected chi connectivity index (χ2v) is 11.7. The molecule has 6 rings (SSSR count). The molecule has 0 atom stereocenters. The first-order chi connectivity index (χ1) is 21.2. The number of hydrogen-bond donors (Lipinski definition) is 2. The van der Waals surface area contributed by atoms with Crippen LogP contribution in [0.5, 0.6) is 5.75 Å². The number of rotatable bonds is 9. The highest BCUT2D eigenvalue weighted by atomic mass is 19.1. The Labute approximate surface area is 255 Å². The van der Waals surface area contributed by atoms with Crippen molar-refractivity contribution < 1.29 is 23.1 Å². The van der Waals surface area contributed by atoms with Gasteiger partial charge in [-0.05, 0) is 103 Å². The fraction of sp³-hybridized carbons (Fsp3) is 0.250. The standard InChI is InChI=1S/C36H34FN3O4/c1-21(2)20-43-30-17-22(3)26(19-28(30)34(41)40-36(14-15-36)31-7-5-6-16-39-31)24-10-13-29-27(18-24)32(35(42)38-4)33(44-29)23-8-11-25(37)12-9-23/h5-13,16-19,21H,14-15,20H2,1-4H3,(H,38,42)(H,40,41). The molecule has 44 heavy (non-hydrogen) atoms. The molecular weight excluding hydrogens is 557 g/mol. The van der Waals surface area contributed by atoms with E-state index in [1.165, 1.54) is 12.1 Å². The molecule has 2 aromatic heterocycles. The van der Waals surface area contributed by atoms with Gasteiger partial charge in [0.2, 0.25) is 0 Å². The van der Waals surface area contributed by atoms with Gasteiger partial charge in [0.05, 0.1) is 29.0 Å². The molecule has 0 saturated heterocycles. The van der Waals surface area contributed by atoms with E-state index in [0.29, 0.717) is 45.8 Å². The lowest BCUT2D eigenvalue weighted by molar-refractivity contribution is 0.0923. The van der Waals surface area contributed by atoms with Gasteiger partial charge in [0.25, 0.3) is 11.8 Å². The average Bonchev–Trinajstić information content (AvgIpc) is 3.71. The minimum Gasteiger partial charge on any atom is -0.492 e. The molecule has 7 nitrogen and oxygen atoms in total. The van der Waals surface area contributed by atoms with E-state index in [2.05, 4.69) is 29.5 Å². The van der Waals surface area contributed by atoms with Crippen molar-refractivity contribution in [1.29, 1.82) is 0 Å². The molecule has 2 N–H and O–H groups in total. The second-order valence-electron chi connectivity index (χ2n) is 11.7. The van der Waals surface area contributed by atoms with Crippen LogP contribution in [0, 0.1) is 18.7 Å². The Morgan fingerprint density at radius 2 is 1.75 bits per heavy atom. The van der Waals surface area contributed by atoms with Crippen LogP contribution in [0.1, 0.15) is 58.7 Å². The van der Waals surface area contributed by atoms with Gasteiger partial charge in [-0.15, -0.1) is 0 Å². The summed E-state index contributed by atoms with van der Waals surface area (Å²) in [6, 6.07) is 20.9. The van der Waals surface area contributed by atoms with E-state index < -0.39 is 5.54 Å². The molecule has 2 heterocycles. The topological polar surface area (TPSA) is 93.5 Å². The summed E-state index contributed by atoms with van der Waals surface area (Å²) in [5, 5.41) is 6.55. The molecule has 0 spiro atoms. The molecule has 1 aliphatic carbocycles. The summed E-state index contributed by atoms with van der Waals surface area (Å²) >= 11 is 0. The van der Waals surface area contributed by atoms with Gasteiger partial charge in [-0.25, -0.2) is 4.39 Å². The first-order valence-corrected chi connectivity index (χ1v) is 14.8. The number of benzene rings is 3. The van der Waals surface area contributed by atoms with E-state index in [1.54, 1.807) is 25.4 Å². The first kappa shape index (κ1) is 29.1. The number of carbonyl (C=O) groups is 2. The third-order valence-corrected chi connectivity index (χ3v) is 7.96. The molecular formula is C36H34FN3O4. The maximum absolute atomic E-state index is 13.9. The van der Waals surface area contributed by atoms with E-state index in [-0.39, 0.29) is 23.5 Å². The Balaban J connectivity index is 1.44. The van der Waals surface area contributed by atoms with E-state index in [9.17, 15) is 14.0 Å². The van der Waals surface area contributed by atoms with Crippen LogP contribution >= 0.6 is 0 Å². The number of aryl methyl sites for hydroxylation is 1. The molecule has 5 aromatic rings. The van der Waals surface area contributed by atoms with Gasteiger partial charge >= 0.3 is 0 Å². The van der Waals surface area contributed by atoms with Crippen LogP contribution in [-0.4, -0.2) is 30.5 Å². The third-order valence-electron chi connectivity index (χ3n) is 7.96. The minimum atomic E-state index is -0.492. The van der Waals surface area contributed by atoms with Gasteiger partial charge in [0, 0.05) is 24.2 Å². The van der Waals surface area contributed by atoms with Crippen LogP contribution < -0.4 is 15.4 Å². The molecule has 0 aliphatic heterocycles. The van der Waals surface area contributed by atoms with Gasteiger partial charge < -0.3 is 19.8 Å². The number of carbonyl (C=O) groups excluding carboxylic acids is 2. The number of pyridine rings is 1. The van der Waals surface area contributed by atoms with Gasteiger partial charge in [-0.2, -0.15) is 0 Å². The number of nitrogens with zero attached hydrogens (tertiary/aromatic N) is 1. The number of aromatic nitrogens is 1. The highest BCUT2D eigenvalue weighted by molar-refractivity contribution is 6.12. The zero-order chi connectivity index (χ0) is 31.0. The van der Waals surface area contributed by atoms with Crippen molar-refractivity contribution in [2.75, 3.05) is 13.7 Å². The van der Waals surface area contributed by atoms with E-state index in [4.69, 9.17) is 9.15 Å². The molecule has 8 heteroatoms. The van der Waals surface area contributed by atoms with Crippen molar-refractivity contribution in [2.45, 2.75) is 39.2 Å². The Hall–Kier alpha value is -4.98. The first-order valence-electron chi connectivity index (χ1n) is 14.8. The third kappa shape index (κ3) is 5.55. The number of nitrogens with one attached hydrogen (secondary N) is 2. The van der Waals surface area contributed by atoms with Crippen LogP contribution in [-0.2, 0) is 5.54 Å². The van der Waals surface area contributed by atoms with Crippen molar-refractivity contribution in [3.05, 3.63) is 107 Å². The van der Waals surface area contributed by atoms with Crippen molar-refractivity contribution in [1.82, 2.24) is 15.6 Å². The van der Waals surface area contributed by atoms with Crippen molar-refractivity contribution >= 4 is 22.8 Å². The number of amides is 2. The summed E-state index contributed by atoms with van der Waals surface area (Å²) in [6.07, 6.45) is 3.36. The highest BCUT2D eigenvalue weighted by Crippen LogP contribution is 2.45. The van der Waals surface area contributed by atoms with E-state index in [0.717, 1.165) is 35.2 Å². The highest BCUT2D eigenvalue weighted by Gasteiger charge is 2.47. The van der Waals surface area contributed by atoms with Crippen LogP contribution in [0.2, 0.25) is 0 Å². The molecule has 1 aliphatic rings. The van der Waals surface area contributed by atoms with Crippen molar-refractivity contribution in [3.63, 3.8) is 0 Å². The molecule has 3 aromatic carbocycles. The summed E-state index contributed by atoms with van der Waals surface area (Å²) in [4.78, 5) is 31.5. The molecule has 0 bridgehead atoms. The van der Waals surface area contributed by atoms with Gasteiger partial charge in [0.1, 0.15) is 22.9 Å². The average molecular weight is 592 g/mol. The zero-order valence-electron chi connectivity index (χ0n) is 25.2. The van der Waals surface area contributed by atoms with Crippen LogP contribution in [0.15, 0.2) is 83.4 Å². The Bertz CT molecular complexity index is 1860. The molecule has 2 amide bonds. The fourth-order valence-corrected chi connectivity index (χ4v) is 5.47. The Kier molecular flexibility index (Phi) is 7.67.